The summed E-state index contributed by atoms with van der Waals surface area (Å²) in [5, 5.41) is 9.86. The standard InChI is InChI=1S/C45H30O/c1-45(2)37-24-10-9-20-34(37)42-38(45)25-26-39-43(42)36-23-12-22-35(44(36)46-39)41-32-18-7-5-16-30(32)40(31-17-6-8-19-33(31)41)29-21-11-14-27-13-3-4-15-28(27)29/h3-26H,1-2H3. The van der Waals surface area contributed by atoms with Crippen LogP contribution in [-0.4, -0.2) is 0 Å². The molecule has 1 heterocycles. The van der Waals surface area contributed by atoms with Gasteiger partial charge in [0.2, 0.25) is 0 Å². The fourth-order valence-electron chi connectivity index (χ4n) is 8.43. The molecule has 8 aromatic carbocycles. The average Bonchev–Trinajstić information content (AvgIpc) is 3.59. The van der Waals surface area contributed by atoms with Crippen molar-refractivity contribution in [1.82, 2.24) is 0 Å². The molecule has 1 aromatic heterocycles. The van der Waals surface area contributed by atoms with E-state index in [0.29, 0.717) is 0 Å². The molecule has 0 saturated carbocycles. The van der Waals surface area contributed by atoms with Crippen molar-refractivity contribution >= 4 is 54.3 Å². The quantitative estimate of drug-likeness (QED) is 0.184. The van der Waals surface area contributed by atoms with Crippen LogP contribution < -0.4 is 0 Å². The molecule has 9 aromatic rings. The van der Waals surface area contributed by atoms with Gasteiger partial charge in [0.1, 0.15) is 11.2 Å². The summed E-state index contributed by atoms with van der Waals surface area (Å²) in [5.74, 6) is 0. The normalized spacial score (nSPS) is 13.6. The lowest BCUT2D eigenvalue weighted by Crippen LogP contribution is -2.14. The molecule has 0 amide bonds. The van der Waals surface area contributed by atoms with Crippen LogP contribution in [-0.2, 0) is 5.41 Å². The number of fused-ring (bicyclic) bond motifs is 10. The number of benzene rings is 8. The molecule has 216 valence electrons. The van der Waals surface area contributed by atoms with E-state index in [1.165, 1.54) is 82.0 Å². The van der Waals surface area contributed by atoms with Gasteiger partial charge in [-0.25, -0.2) is 0 Å². The molecule has 0 bridgehead atoms. The highest BCUT2D eigenvalue weighted by Crippen LogP contribution is 2.54. The molecule has 1 aliphatic rings. The lowest BCUT2D eigenvalue weighted by molar-refractivity contribution is 0.657. The minimum atomic E-state index is -0.0643. The van der Waals surface area contributed by atoms with Crippen molar-refractivity contribution in [3.8, 4) is 33.4 Å². The van der Waals surface area contributed by atoms with E-state index in [-0.39, 0.29) is 5.41 Å². The van der Waals surface area contributed by atoms with E-state index in [0.717, 1.165) is 16.7 Å². The zero-order valence-electron chi connectivity index (χ0n) is 25.8. The van der Waals surface area contributed by atoms with Crippen molar-refractivity contribution < 1.29 is 4.42 Å². The first kappa shape index (κ1) is 25.6. The van der Waals surface area contributed by atoms with E-state index in [1.807, 2.05) is 0 Å². The fourth-order valence-corrected chi connectivity index (χ4v) is 8.43. The van der Waals surface area contributed by atoms with Crippen molar-refractivity contribution in [1.29, 1.82) is 0 Å². The Balaban J connectivity index is 1.34. The van der Waals surface area contributed by atoms with Gasteiger partial charge < -0.3 is 4.42 Å². The molecule has 1 nitrogen and oxygen atoms in total. The Hall–Kier alpha value is -5.66. The summed E-state index contributed by atoms with van der Waals surface area (Å²) in [6.45, 7) is 4.68. The Labute approximate surface area is 267 Å². The predicted molar refractivity (Wildman–Crippen MR) is 195 cm³/mol. The van der Waals surface area contributed by atoms with Crippen LogP contribution in [0.1, 0.15) is 25.0 Å². The second-order valence-corrected chi connectivity index (χ2v) is 13.2. The van der Waals surface area contributed by atoms with Gasteiger partial charge in [0.25, 0.3) is 0 Å². The highest BCUT2D eigenvalue weighted by Gasteiger charge is 2.37. The summed E-state index contributed by atoms with van der Waals surface area (Å²) >= 11 is 0. The number of para-hydroxylation sites is 1. The zero-order chi connectivity index (χ0) is 30.6. The van der Waals surface area contributed by atoms with Gasteiger partial charge in [0.15, 0.2) is 0 Å². The molecule has 1 aliphatic carbocycles. The second kappa shape index (κ2) is 9.19. The highest BCUT2D eigenvalue weighted by atomic mass is 16.3. The van der Waals surface area contributed by atoms with Crippen LogP contribution in [0.3, 0.4) is 0 Å². The summed E-state index contributed by atoms with van der Waals surface area (Å²) in [7, 11) is 0. The number of furan rings is 1. The Morgan fingerprint density at radius 2 is 0.913 bits per heavy atom. The summed E-state index contributed by atoms with van der Waals surface area (Å²) in [6.07, 6.45) is 0. The molecule has 1 heteroatoms. The van der Waals surface area contributed by atoms with Gasteiger partial charge in [0, 0.05) is 27.3 Å². The van der Waals surface area contributed by atoms with Gasteiger partial charge in [-0.1, -0.05) is 153 Å². The zero-order valence-corrected chi connectivity index (χ0v) is 25.8. The first-order valence-electron chi connectivity index (χ1n) is 16.1. The molecular weight excluding hydrogens is 556 g/mol. The highest BCUT2D eigenvalue weighted by molar-refractivity contribution is 6.26. The Kier molecular flexibility index (Phi) is 5.12. The minimum Gasteiger partial charge on any atom is -0.455 e. The van der Waals surface area contributed by atoms with Crippen molar-refractivity contribution in [2.45, 2.75) is 19.3 Å². The van der Waals surface area contributed by atoms with Gasteiger partial charge in [-0.15, -0.1) is 0 Å². The topological polar surface area (TPSA) is 13.1 Å². The molecule has 0 radical (unpaired) electrons. The van der Waals surface area contributed by atoms with E-state index in [2.05, 4.69) is 159 Å². The summed E-state index contributed by atoms with van der Waals surface area (Å²) in [4.78, 5) is 0. The van der Waals surface area contributed by atoms with Crippen LogP contribution in [0.5, 0.6) is 0 Å². The number of hydrogen-bond acceptors (Lipinski definition) is 1. The van der Waals surface area contributed by atoms with Crippen molar-refractivity contribution in [3.63, 3.8) is 0 Å². The second-order valence-electron chi connectivity index (χ2n) is 13.2. The van der Waals surface area contributed by atoms with Crippen LogP contribution in [0.25, 0.3) is 87.6 Å². The summed E-state index contributed by atoms with van der Waals surface area (Å²) in [6, 6.07) is 53.2. The van der Waals surface area contributed by atoms with Crippen LogP contribution in [0.4, 0.5) is 0 Å². The van der Waals surface area contributed by atoms with E-state index >= 15 is 0 Å². The molecule has 0 aliphatic heterocycles. The van der Waals surface area contributed by atoms with Crippen LogP contribution >= 0.6 is 0 Å². The lowest BCUT2D eigenvalue weighted by atomic mass is 9.82. The molecule has 0 spiro atoms. The first-order valence-corrected chi connectivity index (χ1v) is 16.1. The predicted octanol–water partition coefficient (Wildman–Crippen LogP) is 12.7. The molecule has 0 saturated heterocycles. The maximum Gasteiger partial charge on any atom is 0.143 e. The van der Waals surface area contributed by atoms with Crippen LogP contribution in [0, 0.1) is 0 Å². The molecule has 10 rings (SSSR count). The SMILES string of the molecule is CC1(C)c2ccccc2-c2c1ccc1oc3c(-c4c5ccccc5c(-c5cccc6ccccc56)c5ccccc45)cccc3c21. The van der Waals surface area contributed by atoms with Crippen molar-refractivity contribution in [3.05, 3.63) is 157 Å². The van der Waals surface area contributed by atoms with Crippen LogP contribution in [0.2, 0.25) is 0 Å². The monoisotopic (exact) mass is 586 g/mol. The van der Waals surface area contributed by atoms with Crippen molar-refractivity contribution in [2.24, 2.45) is 0 Å². The lowest BCUT2D eigenvalue weighted by Gasteiger charge is -2.21. The van der Waals surface area contributed by atoms with Crippen LogP contribution in [0.15, 0.2) is 150 Å². The molecular formula is C45H30O. The molecule has 0 atom stereocenters. The van der Waals surface area contributed by atoms with Gasteiger partial charge in [-0.05, 0) is 71.8 Å². The molecule has 0 N–H and O–H groups in total. The van der Waals surface area contributed by atoms with E-state index < -0.39 is 0 Å². The third-order valence-corrected chi connectivity index (χ3v) is 10.5. The third kappa shape index (κ3) is 3.30. The Morgan fingerprint density at radius 3 is 1.65 bits per heavy atom. The van der Waals surface area contributed by atoms with Gasteiger partial charge in [-0.2, -0.15) is 0 Å². The smallest absolute Gasteiger partial charge is 0.143 e. The molecule has 46 heavy (non-hydrogen) atoms. The first-order chi connectivity index (χ1) is 22.6. The minimum absolute atomic E-state index is 0.0643. The third-order valence-electron chi connectivity index (χ3n) is 10.5. The Bertz CT molecular complexity index is 2660. The number of rotatable bonds is 2. The average molecular weight is 587 g/mol. The van der Waals surface area contributed by atoms with Crippen molar-refractivity contribution in [2.75, 3.05) is 0 Å². The van der Waals surface area contributed by atoms with E-state index in [9.17, 15) is 0 Å². The maximum atomic E-state index is 6.92. The van der Waals surface area contributed by atoms with Gasteiger partial charge in [-0.3, -0.25) is 0 Å². The summed E-state index contributed by atoms with van der Waals surface area (Å²) < 4.78 is 6.92. The Morgan fingerprint density at radius 1 is 0.391 bits per heavy atom. The largest absolute Gasteiger partial charge is 0.455 e. The number of hydrogen-bond donors (Lipinski definition) is 0. The van der Waals surface area contributed by atoms with Gasteiger partial charge in [0.05, 0.1) is 0 Å². The molecule has 0 unspecified atom stereocenters. The fraction of sp³-hybridized carbons (Fsp3) is 0.0667. The van der Waals surface area contributed by atoms with E-state index in [4.69, 9.17) is 4.42 Å². The van der Waals surface area contributed by atoms with Gasteiger partial charge >= 0.3 is 0 Å². The maximum absolute atomic E-state index is 6.92. The summed E-state index contributed by atoms with van der Waals surface area (Å²) in [5.41, 5.74) is 12.1. The van der Waals surface area contributed by atoms with E-state index in [1.54, 1.807) is 0 Å². The molecule has 0 fully saturated rings.